The van der Waals surface area contributed by atoms with E-state index >= 15 is 0 Å². The molecule has 4 heteroatoms. The molecule has 0 N–H and O–H groups in total. The first kappa shape index (κ1) is 27.3. The van der Waals surface area contributed by atoms with Crippen molar-refractivity contribution in [2.45, 2.75) is 0 Å². The summed E-state index contributed by atoms with van der Waals surface area (Å²) in [5, 5.41) is 2.30. The van der Waals surface area contributed by atoms with Crippen LogP contribution in [0, 0.1) is 0 Å². The van der Waals surface area contributed by atoms with Gasteiger partial charge in [0, 0.05) is 34.6 Å². The molecule has 0 saturated heterocycles. The van der Waals surface area contributed by atoms with Crippen molar-refractivity contribution >= 4 is 10.8 Å². The second-order valence-electron chi connectivity index (χ2n) is 11.2. The predicted octanol–water partition coefficient (Wildman–Crippen LogP) is 10.4. The van der Waals surface area contributed by atoms with E-state index in [-0.39, 0.29) is 0 Å². The summed E-state index contributed by atoms with van der Waals surface area (Å²) in [5.41, 5.74) is 9.63. The number of hydrogen-bond acceptors (Lipinski definition) is 4. The number of benzene rings is 6. The monoisotopic (exact) mass is 588 g/mol. The van der Waals surface area contributed by atoms with Crippen molar-refractivity contribution in [1.82, 2.24) is 19.9 Å². The molecule has 0 aliphatic rings. The van der Waals surface area contributed by atoms with Crippen LogP contribution in [0.15, 0.2) is 170 Å². The summed E-state index contributed by atoms with van der Waals surface area (Å²) in [4.78, 5) is 19.2. The van der Waals surface area contributed by atoms with Gasteiger partial charge in [0.2, 0.25) is 0 Å². The molecule has 0 unspecified atom stereocenters. The predicted molar refractivity (Wildman–Crippen MR) is 188 cm³/mol. The lowest BCUT2D eigenvalue weighted by atomic mass is 9.92. The third-order valence-electron chi connectivity index (χ3n) is 8.18. The molecule has 0 amide bonds. The fourth-order valence-electron chi connectivity index (χ4n) is 5.89. The van der Waals surface area contributed by atoms with E-state index in [4.69, 9.17) is 15.0 Å². The molecule has 2 heterocycles. The van der Waals surface area contributed by atoms with E-state index in [0.29, 0.717) is 17.5 Å². The Kier molecular flexibility index (Phi) is 7.14. The molecule has 46 heavy (non-hydrogen) atoms. The summed E-state index contributed by atoms with van der Waals surface area (Å²) in [7, 11) is 0. The first-order chi connectivity index (χ1) is 22.8. The Morgan fingerprint density at radius 2 is 0.826 bits per heavy atom. The summed E-state index contributed by atoms with van der Waals surface area (Å²) >= 11 is 0. The van der Waals surface area contributed by atoms with Crippen molar-refractivity contribution in [2.24, 2.45) is 0 Å². The average molecular weight is 589 g/mol. The fraction of sp³-hybridized carbons (Fsp3) is 0. The highest BCUT2D eigenvalue weighted by Crippen LogP contribution is 2.36. The molecular weight excluding hydrogens is 560 g/mol. The van der Waals surface area contributed by atoms with E-state index < -0.39 is 0 Å². The third kappa shape index (κ3) is 5.44. The first-order valence-electron chi connectivity index (χ1n) is 15.3. The van der Waals surface area contributed by atoms with Gasteiger partial charge in [-0.3, -0.25) is 4.98 Å². The van der Waals surface area contributed by atoms with Gasteiger partial charge in [0.1, 0.15) is 0 Å². The standard InChI is InChI=1S/C42H28N4/c1-3-12-29(13-4-1)40-44-41(30-14-5-2-6-15-30)46-42(45-40)37-26-34-16-7-8-22-38(34)39(27-37)35-20-10-18-32(25-35)31-17-9-19-33(24-31)36-21-11-23-43-28-36/h1-28H. The molecule has 6 aromatic carbocycles. The topological polar surface area (TPSA) is 51.6 Å². The van der Waals surface area contributed by atoms with Crippen molar-refractivity contribution in [1.29, 1.82) is 0 Å². The highest BCUT2D eigenvalue weighted by atomic mass is 15.0. The summed E-state index contributed by atoms with van der Waals surface area (Å²) in [6.45, 7) is 0. The van der Waals surface area contributed by atoms with Gasteiger partial charge in [-0.2, -0.15) is 0 Å². The van der Waals surface area contributed by atoms with Gasteiger partial charge in [0.05, 0.1) is 0 Å². The number of nitrogens with zero attached hydrogens (tertiary/aromatic N) is 4. The van der Waals surface area contributed by atoms with E-state index in [1.54, 1.807) is 6.20 Å². The molecule has 0 radical (unpaired) electrons. The smallest absolute Gasteiger partial charge is 0.164 e. The molecule has 0 spiro atoms. The van der Waals surface area contributed by atoms with Gasteiger partial charge in [0.15, 0.2) is 17.5 Å². The highest BCUT2D eigenvalue weighted by molar-refractivity contribution is 6.00. The summed E-state index contributed by atoms with van der Waals surface area (Å²) in [6.07, 6.45) is 3.71. The molecule has 0 aliphatic heterocycles. The zero-order chi connectivity index (χ0) is 30.7. The molecule has 0 atom stereocenters. The van der Waals surface area contributed by atoms with Crippen LogP contribution in [0.3, 0.4) is 0 Å². The van der Waals surface area contributed by atoms with E-state index in [9.17, 15) is 0 Å². The van der Waals surface area contributed by atoms with Crippen LogP contribution in [0.4, 0.5) is 0 Å². The normalized spacial score (nSPS) is 11.0. The average Bonchev–Trinajstić information content (AvgIpc) is 3.15. The van der Waals surface area contributed by atoms with Crippen molar-refractivity contribution in [3.63, 3.8) is 0 Å². The van der Waals surface area contributed by atoms with E-state index in [1.165, 1.54) is 5.39 Å². The molecule has 8 aromatic rings. The van der Waals surface area contributed by atoms with E-state index in [2.05, 4.69) is 96.0 Å². The zero-order valence-electron chi connectivity index (χ0n) is 25.0. The minimum Gasteiger partial charge on any atom is -0.264 e. The second kappa shape index (κ2) is 12.0. The number of aromatic nitrogens is 4. The van der Waals surface area contributed by atoms with Crippen LogP contribution in [-0.2, 0) is 0 Å². The summed E-state index contributed by atoms with van der Waals surface area (Å²) in [5.74, 6) is 1.93. The van der Waals surface area contributed by atoms with E-state index in [0.717, 1.165) is 55.5 Å². The van der Waals surface area contributed by atoms with Crippen LogP contribution in [-0.4, -0.2) is 19.9 Å². The Morgan fingerprint density at radius 3 is 1.46 bits per heavy atom. The number of hydrogen-bond donors (Lipinski definition) is 0. The van der Waals surface area contributed by atoms with Crippen molar-refractivity contribution in [3.05, 3.63) is 170 Å². The summed E-state index contributed by atoms with van der Waals surface area (Å²) < 4.78 is 0. The maximum absolute atomic E-state index is 5.02. The molecular formula is C42H28N4. The molecule has 216 valence electrons. The summed E-state index contributed by atoms with van der Waals surface area (Å²) in [6, 6.07) is 54.5. The number of rotatable bonds is 6. The van der Waals surface area contributed by atoms with Crippen LogP contribution < -0.4 is 0 Å². The maximum atomic E-state index is 5.02. The van der Waals surface area contributed by atoms with Gasteiger partial charge in [0.25, 0.3) is 0 Å². The Morgan fingerprint density at radius 1 is 0.326 bits per heavy atom. The Bertz CT molecular complexity index is 2240. The van der Waals surface area contributed by atoms with Gasteiger partial charge in [-0.05, 0) is 68.9 Å². The minimum absolute atomic E-state index is 0.639. The van der Waals surface area contributed by atoms with E-state index in [1.807, 2.05) is 72.9 Å². The SMILES string of the molecule is c1ccc(-c2nc(-c3ccccc3)nc(-c3cc(-c4cccc(-c5cccc(-c6cccnc6)c5)c4)c4ccccc4c3)n2)cc1. The highest BCUT2D eigenvalue weighted by Gasteiger charge is 2.15. The lowest BCUT2D eigenvalue weighted by molar-refractivity contribution is 1.07. The largest absolute Gasteiger partial charge is 0.264 e. The molecule has 8 rings (SSSR count). The Hall–Kier alpha value is -6.26. The molecule has 0 saturated carbocycles. The maximum Gasteiger partial charge on any atom is 0.164 e. The van der Waals surface area contributed by atoms with Gasteiger partial charge >= 0.3 is 0 Å². The molecule has 0 aliphatic carbocycles. The second-order valence-corrected chi connectivity index (χ2v) is 11.2. The minimum atomic E-state index is 0.639. The fourth-order valence-corrected chi connectivity index (χ4v) is 5.89. The quantitative estimate of drug-likeness (QED) is 0.194. The van der Waals surface area contributed by atoms with Gasteiger partial charge < -0.3 is 0 Å². The Balaban J connectivity index is 1.28. The van der Waals surface area contributed by atoms with Crippen molar-refractivity contribution < 1.29 is 0 Å². The zero-order valence-corrected chi connectivity index (χ0v) is 25.0. The van der Waals surface area contributed by atoms with Gasteiger partial charge in [-0.1, -0.05) is 127 Å². The lowest BCUT2D eigenvalue weighted by Gasteiger charge is -2.13. The van der Waals surface area contributed by atoms with Crippen LogP contribution in [0.1, 0.15) is 0 Å². The third-order valence-corrected chi connectivity index (χ3v) is 8.18. The molecule has 2 aromatic heterocycles. The van der Waals surface area contributed by atoms with Crippen LogP contribution in [0.2, 0.25) is 0 Å². The van der Waals surface area contributed by atoms with Crippen LogP contribution in [0.5, 0.6) is 0 Å². The van der Waals surface area contributed by atoms with Crippen molar-refractivity contribution in [2.75, 3.05) is 0 Å². The number of pyridine rings is 1. The van der Waals surface area contributed by atoms with Crippen molar-refractivity contribution in [3.8, 4) is 67.5 Å². The van der Waals surface area contributed by atoms with Gasteiger partial charge in [-0.25, -0.2) is 15.0 Å². The lowest BCUT2D eigenvalue weighted by Crippen LogP contribution is -2.00. The number of fused-ring (bicyclic) bond motifs is 1. The molecule has 0 fully saturated rings. The van der Waals surface area contributed by atoms with Crippen LogP contribution in [0.25, 0.3) is 78.3 Å². The first-order valence-corrected chi connectivity index (χ1v) is 15.3. The molecule has 0 bridgehead atoms. The van der Waals surface area contributed by atoms with Crippen LogP contribution >= 0.6 is 0 Å². The molecule has 4 nitrogen and oxygen atoms in total. The van der Waals surface area contributed by atoms with Gasteiger partial charge in [-0.15, -0.1) is 0 Å². The Labute approximate surface area is 267 Å².